The first-order valence-corrected chi connectivity index (χ1v) is 5.49. The standard InChI is InChI=1S/C14H12N2O2/c1-18-14(17)12-9-16-13-6-5-10(8-11(12)13)4-2-3-7-15/h2,4-6,8-9,16H,3H2,1H3. The van der Waals surface area contributed by atoms with Crippen molar-refractivity contribution in [1.82, 2.24) is 4.98 Å². The van der Waals surface area contributed by atoms with Crippen LogP contribution in [0.25, 0.3) is 17.0 Å². The van der Waals surface area contributed by atoms with E-state index < -0.39 is 0 Å². The Balaban J connectivity index is 2.43. The second-order valence-corrected chi connectivity index (χ2v) is 3.76. The van der Waals surface area contributed by atoms with Gasteiger partial charge in [-0.2, -0.15) is 5.26 Å². The lowest BCUT2D eigenvalue weighted by Gasteiger charge is -1.98. The Morgan fingerprint density at radius 1 is 1.56 bits per heavy atom. The van der Waals surface area contributed by atoms with Crippen molar-refractivity contribution in [3.05, 3.63) is 41.6 Å². The van der Waals surface area contributed by atoms with Gasteiger partial charge in [-0.05, 0) is 17.7 Å². The number of nitriles is 1. The van der Waals surface area contributed by atoms with E-state index in [2.05, 4.69) is 4.98 Å². The molecule has 0 bridgehead atoms. The number of H-pyrrole nitrogens is 1. The van der Waals surface area contributed by atoms with E-state index in [-0.39, 0.29) is 5.97 Å². The van der Waals surface area contributed by atoms with Crippen LogP contribution in [0.15, 0.2) is 30.5 Å². The molecule has 0 radical (unpaired) electrons. The molecule has 18 heavy (non-hydrogen) atoms. The number of esters is 1. The Bertz CT molecular complexity index is 647. The summed E-state index contributed by atoms with van der Waals surface area (Å²) in [5, 5.41) is 9.28. The number of fused-ring (bicyclic) bond motifs is 1. The summed E-state index contributed by atoms with van der Waals surface area (Å²) < 4.78 is 4.72. The topological polar surface area (TPSA) is 65.9 Å². The number of carbonyl (C=O) groups is 1. The molecule has 0 aliphatic rings. The summed E-state index contributed by atoms with van der Waals surface area (Å²) in [7, 11) is 1.36. The zero-order chi connectivity index (χ0) is 13.0. The van der Waals surface area contributed by atoms with Gasteiger partial charge in [-0.25, -0.2) is 4.79 Å². The third-order valence-electron chi connectivity index (χ3n) is 2.63. The lowest BCUT2D eigenvalue weighted by Crippen LogP contribution is -1.99. The number of aromatic nitrogens is 1. The highest BCUT2D eigenvalue weighted by atomic mass is 16.5. The van der Waals surface area contributed by atoms with Gasteiger partial charge < -0.3 is 9.72 Å². The summed E-state index contributed by atoms with van der Waals surface area (Å²) in [6.45, 7) is 0. The molecule has 0 fully saturated rings. The van der Waals surface area contributed by atoms with E-state index in [1.807, 2.05) is 30.3 Å². The van der Waals surface area contributed by atoms with E-state index in [1.54, 1.807) is 12.3 Å². The predicted octanol–water partition coefficient (Wildman–Crippen LogP) is 2.88. The van der Waals surface area contributed by atoms with Crippen LogP contribution in [0, 0.1) is 11.3 Å². The van der Waals surface area contributed by atoms with Gasteiger partial charge in [0.05, 0.1) is 25.2 Å². The molecule has 0 unspecified atom stereocenters. The normalized spacial score (nSPS) is 10.7. The minimum atomic E-state index is -0.362. The number of nitrogens with zero attached hydrogens (tertiary/aromatic N) is 1. The molecule has 0 saturated carbocycles. The molecule has 0 aliphatic heterocycles. The van der Waals surface area contributed by atoms with Gasteiger partial charge in [0, 0.05) is 17.1 Å². The van der Waals surface area contributed by atoms with Crippen molar-refractivity contribution in [2.45, 2.75) is 6.42 Å². The maximum Gasteiger partial charge on any atom is 0.340 e. The molecule has 4 nitrogen and oxygen atoms in total. The average Bonchev–Trinajstić information content (AvgIpc) is 2.81. The number of benzene rings is 1. The molecule has 0 atom stereocenters. The molecule has 0 amide bonds. The lowest BCUT2D eigenvalue weighted by molar-refractivity contribution is 0.0603. The van der Waals surface area contributed by atoms with Gasteiger partial charge in [0.1, 0.15) is 0 Å². The van der Waals surface area contributed by atoms with Crippen molar-refractivity contribution in [2.24, 2.45) is 0 Å². The Morgan fingerprint density at radius 3 is 3.11 bits per heavy atom. The molecule has 1 aromatic heterocycles. The second kappa shape index (κ2) is 5.19. The lowest BCUT2D eigenvalue weighted by atomic mass is 10.1. The van der Waals surface area contributed by atoms with Crippen molar-refractivity contribution in [3.63, 3.8) is 0 Å². The minimum Gasteiger partial charge on any atom is -0.465 e. The van der Waals surface area contributed by atoms with Crippen LogP contribution >= 0.6 is 0 Å². The van der Waals surface area contributed by atoms with Gasteiger partial charge in [0.2, 0.25) is 0 Å². The monoisotopic (exact) mass is 240 g/mol. The van der Waals surface area contributed by atoms with E-state index in [0.717, 1.165) is 16.5 Å². The molecule has 90 valence electrons. The Kier molecular flexibility index (Phi) is 3.44. The number of ether oxygens (including phenoxy) is 1. The van der Waals surface area contributed by atoms with Crippen molar-refractivity contribution in [3.8, 4) is 6.07 Å². The number of hydrogen-bond acceptors (Lipinski definition) is 3. The van der Waals surface area contributed by atoms with Crippen molar-refractivity contribution in [2.75, 3.05) is 7.11 Å². The second-order valence-electron chi connectivity index (χ2n) is 3.76. The highest BCUT2D eigenvalue weighted by Crippen LogP contribution is 2.21. The predicted molar refractivity (Wildman–Crippen MR) is 68.9 cm³/mol. The summed E-state index contributed by atoms with van der Waals surface area (Å²) >= 11 is 0. The number of methoxy groups -OCH3 is 1. The number of carbonyl (C=O) groups excluding carboxylic acids is 1. The summed E-state index contributed by atoms with van der Waals surface area (Å²) in [4.78, 5) is 14.6. The number of nitrogens with one attached hydrogen (secondary N) is 1. The van der Waals surface area contributed by atoms with Gasteiger partial charge >= 0.3 is 5.97 Å². The van der Waals surface area contributed by atoms with Gasteiger partial charge in [-0.3, -0.25) is 0 Å². The molecule has 1 aromatic carbocycles. The fourth-order valence-electron chi connectivity index (χ4n) is 1.77. The minimum absolute atomic E-state index is 0.362. The van der Waals surface area contributed by atoms with Crippen molar-refractivity contribution < 1.29 is 9.53 Å². The van der Waals surface area contributed by atoms with Crippen molar-refractivity contribution in [1.29, 1.82) is 5.26 Å². The van der Waals surface area contributed by atoms with E-state index in [9.17, 15) is 4.79 Å². The van der Waals surface area contributed by atoms with Crippen LogP contribution in [0.5, 0.6) is 0 Å². The van der Waals surface area contributed by atoms with Crippen LogP contribution in [0.1, 0.15) is 22.3 Å². The molecule has 0 aliphatic carbocycles. The number of hydrogen-bond donors (Lipinski definition) is 1. The highest BCUT2D eigenvalue weighted by molar-refractivity contribution is 6.04. The third-order valence-corrected chi connectivity index (χ3v) is 2.63. The van der Waals surface area contributed by atoms with Gasteiger partial charge in [-0.15, -0.1) is 0 Å². The first kappa shape index (κ1) is 11.9. The zero-order valence-electron chi connectivity index (χ0n) is 9.93. The van der Waals surface area contributed by atoms with Gasteiger partial charge in [-0.1, -0.05) is 18.2 Å². The molecule has 4 heteroatoms. The molecule has 2 aromatic rings. The van der Waals surface area contributed by atoms with Crippen LogP contribution in [-0.2, 0) is 4.74 Å². The molecule has 0 saturated heterocycles. The zero-order valence-corrected chi connectivity index (χ0v) is 9.93. The molecular weight excluding hydrogens is 228 g/mol. The first-order chi connectivity index (χ1) is 8.76. The third kappa shape index (κ3) is 2.25. The largest absolute Gasteiger partial charge is 0.465 e. The average molecular weight is 240 g/mol. The van der Waals surface area contributed by atoms with Crippen LogP contribution in [0.3, 0.4) is 0 Å². The molecule has 0 spiro atoms. The Labute approximate surface area is 104 Å². The SMILES string of the molecule is COC(=O)c1c[nH]c2ccc(C=CCC#N)cc12. The van der Waals surface area contributed by atoms with Crippen molar-refractivity contribution >= 4 is 22.9 Å². The molecular formula is C14H12N2O2. The molecule has 1 heterocycles. The van der Waals surface area contributed by atoms with Crippen LogP contribution in [0.2, 0.25) is 0 Å². The fraction of sp³-hybridized carbons (Fsp3) is 0.143. The number of rotatable bonds is 3. The van der Waals surface area contributed by atoms with E-state index in [4.69, 9.17) is 10.00 Å². The fourth-order valence-corrected chi connectivity index (χ4v) is 1.77. The van der Waals surface area contributed by atoms with Crippen LogP contribution in [0.4, 0.5) is 0 Å². The van der Waals surface area contributed by atoms with Gasteiger partial charge in [0.15, 0.2) is 0 Å². The Morgan fingerprint density at radius 2 is 2.39 bits per heavy atom. The van der Waals surface area contributed by atoms with E-state index >= 15 is 0 Å². The van der Waals surface area contributed by atoms with E-state index in [1.165, 1.54) is 7.11 Å². The van der Waals surface area contributed by atoms with Crippen LogP contribution < -0.4 is 0 Å². The van der Waals surface area contributed by atoms with Gasteiger partial charge in [0.25, 0.3) is 0 Å². The summed E-state index contributed by atoms with van der Waals surface area (Å²) in [6, 6.07) is 7.76. The number of aromatic amines is 1. The number of allylic oxidation sites excluding steroid dienone is 1. The smallest absolute Gasteiger partial charge is 0.340 e. The van der Waals surface area contributed by atoms with Crippen LogP contribution in [-0.4, -0.2) is 18.1 Å². The molecule has 2 rings (SSSR count). The quantitative estimate of drug-likeness (QED) is 0.839. The molecule has 1 N–H and O–H groups in total. The van der Waals surface area contributed by atoms with E-state index in [0.29, 0.717) is 12.0 Å². The highest BCUT2D eigenvalue weighted by Gasteiger charge is 2.11. The maximum absolute atomic E-state index is 11.6. The summed E-state index contributed by atoms with van der Waals surface area (Å²) in [6.07, 6.45) is 5.65. The summed E-state index contributed by atoms with van der Waals surface area (Å²) in [5.41, 5.74) is 2.35. The summed E-state index contributed by atoms with van der Waals surface area (Å²) in [5.74, 6) is -0.362. The Hall–Kier alpha value is -2.54. The first-order valence-electron chi connectivity index (χ1n) is 5.49. The maximum atomic E-state index is 11.6.